The van der Waals surface area contributed by atoms with E-state index in [0.717, 1.165) is 0 Å². The Labute approximate surface area is 64.2 Å². The molecule has 0 nitrogen and oxygen atoms in total. The highest BCUT2D eigenvalue weighted by Crippen LogP contribution is 1.99. The highest BCUT2D eigenvalue weighted by atomic mass is 29.5. The predicted molar refractivity (Wildman–Crippen MR) is 45.3 cm³/mol. The molecule has 0 unspecified atom stereocenters. The van der Waals surface area contributed by atoms with E-state index < -0.39 is 0 Å². The molecule has 9 heavy (non-hydrogen) atoms. The molecule has 0 N–H and O–H groups in total. The largest absolute Gasteiger partial charge is 0.0919 e. The Bertz CT molecular complexity index is 80.3. The van der Waals surface area contributed by atoms with E-state index in [4.69, 9.17) is 0 Å². The zero-order valence-electron chi connectivity index (χ0n) is 5.48. The van der Waals surface area contributed by atoms with Gasteiger partial charge in [0.2, 0.25) is 0 Å². The number of hydrogen-bond donors (Lipinski definition) is 0. The van der Waals surface area contributed by atoms with E-state index in [2.05, 4.69) is 12.2 Å². The molecule has 0 atom stereocenters. The summed E-state index contributed by atoms with van der Waals surface area (Å²) >= 11 is 0. The topological polar surface area (TPSA) is 0 Å². The lowest BCUT2D eigenvalue weighted by Crippen LogP contribution is -2.10. The maximum Gasteiger partial charge on any atom is 0.0233 e. The summed E-state index contributed by atoms with van der Waals surface area (Å²) in [5.41, 5.74) is 0. The van der Waals surface area contributed by atoms with Crippen LogP contribution in [0.25, 0.3) is 0 Å². The molecular weight excluding hydrogens is 156 g/mol. The van der Waals surface area contributed by atoms with Gasteiger partial charge in [0.25, 0.3) is 0 Å². The van der Waals surface area contributed by atoms with Crippen LogP contribution in [0.3, 0.4) is 0 Å². The molecule has 0 aromatic carbocycles. The molecule has 0 spiro atoms. The van der Waals surface area contributed by atoms with E-state index in [1.54, 1.807) is 0 Å². The van der Waals surface area contributed by atoms with Gasteiger partial charge in [-0.2, -0.15) is 0 Å². The SMILES string of the molecule is C1=C\C[Si][Si][Si]CCC/1. The third-order valence-corrected chi connectivity index (χ3v) is 8.24. The molecule has 0 aromatic heterocycles. The van der Waals surface area contributed by atoms with Crippen LogP contribution in [0.15, 0.2) is 12.2 Å². The van der Waals surface area contributed by atoms with Crippen molar-refractivity contribution in [3.05, 3.63) is 12.2 Å². The number of rotatable bonds is 0. The summed E-state index contributed by atoms with van der Waals surface area (Å²) in [4.78, 5) is 0. The zero-order valence-corrected chi connectivity index (χ0v) is 8.48. The molecule has 6 radical (unpaired) electrons. The minimum atomic E-state index is 1.24. The van der Waals surface area contributed by atoms with Crippen molar-refractivity contribution in [1.82, 2.24) is 0 Å². The van der Waals surface area contributed by atoms with Gasteiger partial charge in [0.05, 0.1) is 0 Å². The van der Waals surface area contributed by atoms with Crippen molar-refractivity contribution in [2.24, 2.45) is 0 Å². The van der Waals surface area contributed by atoms with Gasteiger partial charge in [0.1, 0.15) is 0 Å². The maximum atomic E-state index is 2.36. The Morgan fingerprint density at radius 3 is 3.11 bits per heavy atom. The highest BCUT2D eigenvalue weighted by Gasteiger charge is 1.93. The van der Waals surface area contributed by atoms with Crippen LogP contribution in [0.4, 0.5) is 0 Å². The van der Waals surface area contributed by atoms with Gasteiger partial charge in [-0.25, -0.2) is 0 Å². The molecule has 1 aliphatic rings. The van der Waals surface area contributed by atoms with Crippen molar-refractivity contribution in [2.75, 3.05) is 0 Å². The van der Waals surface area contributed by atoms with E-state index in [0.29, 0.717) is 0 Å². The second kappa shape index (κ2) is 5.20. The van der Waals surface area contributed by atoms with E-state index in [1.165, 1.54) is 51.6 Å². The molecule has 0 saturated heterocycles. The summed E-state index contributed by atoms with van der Waals surface area (Å²) in [7, 11) is 3.82. The van der Waals surface area contributed by atoms with Gasteiger partial charge in [-0.05, 0) is 12.5 Å². The third kappa shape index (κ3) is 3.89. The molecule has 46 valence electrons. The van der Waals surface area contributed by atoms with Crippen LogP contribution in [-0.2, 0) is 0 Å². The van der Waals surface area contributed by atoms with Crippen molar-refractivity contribution in [2.45, 2.75) is 24.9 Å². The Balaban J connectivity index is 2.15. The summed E-state index contributed by atoms with van der Waals surface area (Å²) in [6.07, 6.45) is 7.49. The molecule has 1 rings (SSSR count). The summed E-state index contributed by atoms with van der Waals surface area (Å²) in [5.74, 6) is 0. The molecule has 3 heteroatoms. The first kappa shape index (κ1) is 7.50. The Kier molecular flexibility index (Phi) is 4.33. The van der Waals surface area contributed by atoms with Crippen LogP contribution in [0.1, 0.15) is 12.8 Å². The first-order valence-electron chi connectivity index (χ1n) is 3.36. The minimum Gasteiger partial charge on any atom is -0.0919 e. The first-order valence-corrected chi connectivity index (χ1v) is 8.77. The quantitative estimate of drug-likeness (QED) is 0.374. The van der Waals surface area contributed by atoms with Crippen LogP contribution in [0, 0.1) is 0 Å². The summed E-state index contributed by atoms with van der Waals surface area (Å²) in [6.45, 7) is 0. The van der Waals surface area contributed by atoms with Crippen molar-refractivity contribution >= 4 is 26.6 Å². The minimum absolute atomic E-state index is 1.24. The summed E-state index contributed by atoms with van der Waals surface area (Å²) in [5, 5.41) is 0. The molecule has 0 saturated carbocycles. The average Bonchev–Trinajstić information content (AvgIpc) is 2.00. The van der Waals surface area contributed by atoms with E-state index in [9.17, 15) is 0 Å². The van der Waals surface area contributed by atoms with Gasteiger partial charge in [0, 0.05) is 26.6 Å². The molecule has 0 bridgehead atoms. The lowest BCUT2D eigenvalue weighted by Gasteiger charge is -1.90. The van der Waals surface area contributed by atoms with Crippen molar-refractivity contribution in [3.63, 3.8) is 0 Å². The zero-order chi connectivity index (χ0) is 6.36. The third-order valence-electron chi connectivity index (χ3n) is 1.24. The van der Waals surface area contributed by atoms with Gasteiger partial charge in [-0.15, -0.1) is 0 Å². The Morgan fingerprint density at radius 2 is 2.11 bits per heavy atom. The van der Waals surface area contributed by atoms with Crippen molar-refractivity contribution in [3.8, 4) is 0 Å². The monoisotopic (exact) mass is 166 g/mol. The molecule has 1 heterocycles. The van der Waals surface area contributed by atoms with Crippen molar-refractivity contribution < 1.29 is 0 Å². The van der Waals surface area contributed by atoms with Gasteiger partial charge < -0.3 is 0 Å². The lowest BCUT2D eigenvalue weighted by molar-refractivity contribution is 0.952. The van der Waals surface area contributed by atoms with Crippen LogP contribution in [0.2, 0.25) is 12.1 Å². The fourth-order valence-electron chi connectivity index (χ4n) is 0.744. The molecule has 0 aliphatic carbocycles. The van der Waals surface area contributed by atoms with E-state index >= 15 is 0 Å². The molecule has 1 aliphatic heterocycles. The van der Waals surface area contributed by atoms with Gasteiger partial charge in [-0.3, -0.25) is 0 Å². The van der Waals surface area contributed by atoms with Crippen LogP contribution < -0.4 is 0 Å². The Hall–Kier alpha value is 0.391. The Morgan fingerprint density at radius 1 is 1.11 bits per heavy atom. The van der Waals surface area contributed by atoms with Gasteiger partial charge in [-0.1, -0.05) is 24.6 Å². The molecule has 0 aromatic rings. The smallest absolute Gasteiger partial charge is 0.0233 e. The van der Waals surface area contributed by atoms with Crippen LogP contribution in [0.5, 0.6) is 0 Å². The van der Waals surface area contributed by atoms with Gasteiger partial charge >= 0.3 is 0 Å². The average molecular weight is 166 g/mol. The second-order valence-corrected chi connectivity index (χ2v) is 9.03. The van der Waals surface area contributed by atoms with Crippen LogP contribution in [-0.4, -0.2) is 26.6 Å². The van der Waals surface area contributed by atoms with E-state index in [1.807, 2.05) is 0 Å². The fourth-order valence-corrected chi connectivity index (χ4v) is 6.87. The predicted octanol–water partition coefficient (Wildman–Crippen LogP) is 1.12. The summed E-state index contributed by atoms with van der Waals surface area (Å²) < 4.78 is 0. The maximum absolute atomic E-state index is 2.36. The molecular formula is C6H10Si3. The van der Waals surface area contributed by atoms with Crippen molar-refractivity contribution in [1.29, 1.82) is 0 Å². The standard InChI is InChI=1S/C6H10Si3/c1-2-4-6-8-9-7-5-3-1/h1,3H,2,4-6H2/b3-1-. The fraction of sp³-hybridized carbons (Fsp3) is 0.667. The lowest BCUT2D eigenvalue weighted by atomic mass is 10.3. The first-order chi connectivity index (χ1) is 4.50. The number of allylic oxidation sites excluding steroid dienone is 2. The molecule has 0 amide bonds. The molecule has 0 fully saturated rings. The number of hydrogen-bond acceptors (Lipinski definition) is 0. The highest BCUT2D eigenvalue weighted by molar-refractivity contribution is 7.29. The summed E-state index contributed by atoms with van der Waals surface area (Å²) in [6, 6.07) is 2.86. The van der Waals surface area contributed by atoms with Gasteiger partial charge in [0.15, 0.2) is 0 Å². The second-order valence-electron chi connectivity index (χ2n) is 2.05. The normalized spacial score (nSPS) is 25.8. The van der Waals surface area contributed by atoms with E-state index in [-0.39, 0.29) is 0 Å². The van der Waals surface area contributed by atoms with Crippen LogP contribution >= 0.6 is 0 Å².